The van der Waals surface area contributed by atoms with Gasteiger partial charge in [0.05, 0.1) is 0 Å². The number of halogens is 4. The smallest absolute Gasteiger partial charge is 0.370 e. The molecule has 11 heteroatoms. The van der Waals surface area contributed by atoms with Gasteiger partial charge in [-0.1, -0.05) is 0 Å². The van der Waals surface area contributed by atoms with E-state index in [4.69, 9.17) is 5.73 Å². The number of H-pyrrole nitrogens is 1. The Morgan fingerprint density at radius 1 is 1.15 bits per heavy atom. The number of hydrogen-bond acceptors (Lipinski definition) is 4. The highest BCUT2D eigenvalue weighted by molar-refractivity contribution is 5.78. The first kappa shape index (κ1) is 18.0. The number of benzene rings is 1. The predicted molar refractivity (Wildman–Crippen MR) is 86.9 cm³/mol. The minimum atomic E-state index is -4.60. The molecule has 0 atom stereocenters. The molecule has 1 fully saturated rings. The molecule has 1 saturated heterocycles. The van der Waals surface area contributed by atoms with Crippen LogP contribution in [0.15, 0.2) is 29.3 Å². The fourth-order valence-electron chi connectivity index (χ4n) is 2.59. The monoisotopic (exact) mass is 371 g/mol. The second-order valence-corrected chi connectivity index (χ2v) is 5.73. The molecule has 0 unspecified atom stereocenters. The third-order valence-electron chi connectivity index (χ3n) is 3.97. The van der Waals surface area contributed by atoms with Crippen LogP contribution in [0.1, 0.15) is 11.6 Å². The van der Waals surface area contributed by atoms with Crippen LogP contribution in [0.5, 0.6) is 0 Å². The lowest BCUT2D eigenvalue weighted by Crippen LogP contribution is -2.51. The standard InChI is InChI=1S/C15H17F4N7/c16-10-1-3-11(4-2-10)25-5-7-26(8-6-25)14(20)21-9-12-22-13(24-23-12)15(17,18)19/h1-4H,5-9H2,(H2,20,21)(H,22,23,24). The summed E-state index contributed by atoms with van der Waals surface area (Å²) in [5.74, 6) is -1.29. The number of hydrogen-bond donors (Lipinski definition) is 2. The fraction of sp³-hybridized carbons (Fsp3) is 0.400. The third-order valence-corrected chi connectivity index (χ3v) is 3.97. The van der Waals surface area contributed by atoms with E-state index in [1.165, 1.54) is 12.1 Å². The highest BCUT2D eigenvalue weighted by Crippen LogP contribution is 2.25. The number of nitrogens with one attached hydrogen (secondary N) is 1. The van der Waals surface area contributed by atoms with Crippen molar-refractivity contribution in [3.8, 4) is 0 Å². The van der Waals surface area contributed by atoms with E-state index < -0.39 is 12.0 Å². The number of nitrogens with two attached hydrogens (primary N) is 1. The Labute approximate surface area is 146 Å². The Balaban J connectivity index is 1.54. The molecule has 1 aliphatic heterocycles. The van der Waals surface area contributed by atoms with Gasteiger partial charge in [-0.3, -0.25) is 5.10 Å². The van der Waals surface area contributed by atoms with Crippen LogP contribution in [0, 0.1) is 5.82 Å². The molecule has 0 aliphatic carbocycles. The Kier molecular flexibility index (Phi) is 4.96. The number of rotatable bonds is 3. The van der Waals surface area contributed by atoms with Crippen LogP contribution >= 0.6 is 0 Å². The summed E-state index contributed by atoms with van der Waals surface area (Å²) in [5, 5.41) is 5.31. The molecule has 3 rings (SSSR count). The first-order chi connectivity index (χ1) is 12.3. The van der Waals surface area contributed by atoms with Gasteiger partial charge in [0, 0.05) is 31.9 Å². The second kappa shape index (κ2) is 7.18. The number of anilines is 1. The maximum atomic E-state index is 13.0. The molecule has 26 heavy (non-hydrogen) atoms. The predicted octanol–water partition coefficient (Wildman–Crippen LogP) is 1.60. The van der Waals surface area contributed by atoms with Gasteiger partial charge < -0.3 is 15.5 Å². The van der Waals surface area contributed by atoms with Crippen LogP contribution in [0.2, 0.25) is 0 Å². The lowest BCUT2D eigenvalue weighted by Gasteiger charge is -2.36. The van der Waals surface area contributed by atoms with E-state index in [2.05, 4.69) is 25.1 Å². The highest BCUT2D eigenvalue weighted by Gasteiger charge is 2.36. The van der Waals surface area contributed by atoms with Gasteiger partial charge in [0.2, 0.25) is 0 Å². The van der Waals surface area contributed by atoms with E-state index in [0.29, 0.717) is 26.2 Å². The molecular weight excluding hydrogens is 354 g/mol. The van der Waals surface area contributed by atoms with Gasteiger partial charge in [0.1, 0.15) is 18.2 Å². The molecule has 0 saturated carbocycles. The van der Waals surface area contributed by atoms with E-state index in [1.807, 2.05) is 4.90 Å². The zero-order chi connectivity index (χ0) is 18.7. The van der Waals surface area contributed by atoms with Gasteiger partial charge in [-0.05, 0) is 24.3 Å². The zero-order valence-corrected chi connectivity index (χ0v) is 13.7. The number of aromatic nitrogens is 3. The van der Waals surface area contributed by atoms with Crippen LogP contribution in [0.25, 0.3) is 0 Å². The highest BCUT2D eigenvalue weighted by atomic mass is 19.4. The number of aromatic amines is 1. The summed E-state index contributed by atoms with van der Waals surface area (Å²) in [4.78, 5) is 11.3. The average molecular weight is 371 g/mol. The van der Waals surface area contributed by atoms with E-state index in [9.17, 15) is 17.6 Å². The summed E-state index contributed by atoms with van der Waals surface area (Å²) in [6, 6.07) is 6.24. The van der Waals surface area contributed by atoms with Crippen LogP contribution in [0.4, 0.5) is 23.2 Å². The Morgan fingerprint density at radius 2 is 1.81 bits per heavy atom. The fourth-order valence-corrected chi connectivity index (χ4v) is 2.59. The van der Waals surface area contributed by atoms with Crippen molar-refractivity contribution >= 4 is 11.6 Å². The first-order valence-corrected chi connectivity index (χ1v) is 7.87. The summed E-state index contributed by atoms with van der Waals surface area (Å²) in [7, 11) is 0. The van der Waals surface area contributed by atoms with Crippen molar-refractivity contribution in [2.75, 3.05) is 31.1 Å². The minimum Gasteiger partial charge on any atom is -0.370 e. The van der Waals surface area contributed by atoms with Crippen LogP contribution in [-0.2, 0) is 12.7 Å². The van der Waals surface area contributed by atoms with Gasteiger partial charge in [0.25, 0.3) is 5.82 Å². The lowest BCUT2D eigenvalue weighted by molar-refractivity contribution is -0.144. The molecule has 2 heterocycles. The summed E-state index contributed by atoms with van der Waals surface area (Å²) in [6.07, 6.45) is -4.60. The van der Waals surface area contributed by atoms with E-state index in [1.54, 1.807) is 12.1 Å². The molecule has 0 amide bonds. The molecule has 1 aliphatic rings. The van der Waals surface area contributed by atoms with Gasteiger partial charge >= 0.3 is 6.18 Å². The number of alkyl halides is 3. The molecule has 140 valence electrons. The van der Waals surface area contributed by atoms with E-state index in [0.717, 1.165) is 5.69 Å². The van der Waals surface area contributed by atoms with E-state index >= 15 is 0 Å². The third kappa shape index (κ3) is 4.21. The quantitative estimate of drug-likeness (QED) is 0.486. The maximum absolute atomic E-state index is 13.0. The topological polar surface area (TPSA) is 86.4 Å². The van der Waals surface area contributed by atoms with Crippen LogP contribution < -0.4 is 10.6 Å². The zero-order valence-electron chi connectivity index (χ0n) is 13.7. The number of aliphatic imine (C=N–C) groups is 1. The molecule has 7 nitrogen and oxygen atoms in total. The Hall–Kier alpha value is -2.85. The number of nitrogens with zero attached hydrogens (tertiary/aromatic N) is 5. The lowest BCUT2D eigenvalue weighted by atomic mass is 10.2. The molecule has 3 N–H and O–H groups in total. The van der Waals surface area contributed by atoms with Crippen molar-refractivity contribution in [3.63, 3.8) is 0 Å². The van der Waals surface area contributed by atoms with Crippen molar-refractivity contribution in [2.24, 2.45) is 10.7 Å². The first-order valence-electron chi connectivity index (χ1n) is 7.87. The molecule has 1 aromatic heterocycles. The average Bonchev–Trinajstić information content (AvgIpc) is 3.10. The maximum Gasteiger partial charge on any atom is 0.453 e. The summed E-state index contributed by atoms with van der Waals surface area (Å²) < 4.78 is 50.3. The van der Waals surface area contributed by atoms with Crippen molar-refractivity contribution in [2.45, 2.75) is 12.7 Å². The van der Waals surface area contributed by atoms with Crippen molar-refractivity contribution in [1.29, 1.82) is 0 Å². The van der Waals surface area contributed by atoms with Crippen molar-refractivity contribution in [3.05, 3.63) is 41.7 Å². The number of piperazine rings is 1. The Bertz CT molecular complexity index is 761. The molecule has 1 aromatic carbocycles. The van der Waals surface area contributed by atoms with E-state index in [-0.39, 0.29) is 24.1 Å². The number of guanidine groups is 1. The molecule has 2 aromatic rings. The minimum absolute atomic E-state index is 0.00905. The van der Waals surface area contributed by atoms with Gasteiger partial charge in [0.15, 0.2) is 5.96 Å². The van der Waals surface area contributed by atoms with Gasteiger partial charge in [-0.15, -0.1) is 5.10 Å². The largest absolute Gasteiger partial charge is 0.453 e. The summed E-state index contributed by atoms with van der Waals surface area (Å²) >= 11 is 0. The normalized spacial score (nSPS) is 16.2. The van der Waals surface area contributed by atoms with Gasteiger partial charge in [-0.25, -0.2) is 14.4 Å². The van der Waals surface area contributed by atoms with Crippen LogP contribution in [0.3, 0.4) is 0 Å². The summed E-state index contributed by atoms with van der Waals surface area (Å²) in [5.41, 5.74) is 6.84. The molecule has 0 spiro atoms. The second-order valence-electron chi connectivity index (χ2n) is 5.73. The van der Waals surface area contributed by atoms with Crippen LogP contribution in [-0.4, -0.2) is 52.2 Å². The SMILES string of the molecule is NC(=NCc1nc(C(F)(F)F)n[nH]1)N1CCN(c2ccc(F)cc2)CC1. The molecule has 0 bridgehead atoms. The van der Waals surface area contributed by atoms with Crippen molar-refractivity contribution in [1.82, 2.24) is 20.1 Å². The Morgan fingerprint density at radius 3 is 2.38 bits per heavy atom. The van der Waals surface area contributed by atoms with Crippen molar-refractivity contribution < 1.29 is 17.6 Å². The summed E-state index contributed by atoms with van der Waals surface area (Å²) in [6.45, 7) is 2.41. The molecule has 0 radical (unpaired) electrons. The van der Waals surface area contributed by atoms with Gasteiger partial charge in [-0.2, -0.15) is 13.2 Å². The molecular formula is C15H17F4N7.